The molecule has 1 radical (unpaired) electrons. The maximum absolute atomic E-state index is 10.4. The Bertz CT molecular complexity index is 535. The largest absolute Gasteiger partial charge is 0.269 e. The van der Waals surface area contributed by atoms with Gasteiger partial charge >= 0.3 is 0 Å². The van der Waals surface area contributed by atoms with Crippen molar-refractivity contribution in [3.05, 3.63) is 64.7 Å². The highest BCUT2D eigenvalue weighted by molar-refractivity contribution is 5.44. The van der Waals surface area contributed by atoms with E-state index >= 15 is 0 Å². The summed E-state index contributed by atoms with van der Waals surface area (Å²) in [6, 6.07) is 15.8. The summed E-state index contributed by atoms with van der Waals surface area (Å²) in [6.07, 6.45) is 0. The van der Waals surface area contributed by atoms with Crippen LogP contribution in [-0.4, -0.2) is 4.92 Å². The Morgan fingerprint density at radius 3 is 2.00 bits per heavy atom. The van der Waals surface area contributed by atoms with Crippen molar-refractivity contribution >= 4 is 17.1 Å². The summed E-state index contributed by atoms with van der Waals surface area (Å²) in [6.45, 7) is 0. The molecule has 0 amide bonds. The van der Waals surface area contributed by atoms with Gasteiger partial charge in [0.1, 0.15) is 0 Å². The lowest BCUT2D eigenvalue weighted by Gasteiger charge is -1.93. The van der Waals surface area contributed by atoms with Crippen LogP contribution >= 0.6 is 0 Å². The number of azo groups is 1. The molecule has 0 saturated heterocycles. The lowest BCUT2D eigenvalue weighted by Crippen LogP contribution is -1.85. The highest BCUT2D eigenvalue weighted by Crippen LogP contribution is 2.20. The Kier molecular flexibility index (Phi) is 3.20. The molecule has 0 saturated carbocycles. The molecule has 2 rings (SSSR count). The van der Waals surface area contributed by atoms with Gasteiger partial charge in [0.15, 0.2) is 0 Å². The summed E-state index contributed by atoms with van der Waals surface area (Å²) >= 11 is 0. The molecular formula is C12H8N3O2. The van der Waals surface area contributed by atoms with E-state index in [1.165, 1.54) is 12.1 Å². The molecule has 83 valence electrons. The molecule has 5 heteroatoms. The Morgan fingerprint density at radius 2 is 1.47 bits per heavy atom. The number of rotatable bonds is 3. The van der Waals surface area contributed by atoms with Crippen LogP contribution in [0.4, 0.5) is 17.1 Å². The molecule has 0 aromatic heterocycles. The van der Waals surface area contributed by atoms with Crippen LogP contribution in [0, 0.1) is 16.2 Å². The second-order valence-corrected chi connectivity index (χ2v) is 3.23. The minimum atomic E-state index is -0.450. The zero-order valence-corrected chi connectivity index (χ0v) is 8.78. The summed E-state index contributed by atoms with van der Waals surface area (Å²) in [5.74, 6) is 0. The fourth-order valence-corrected chi connectivity index (χ4v) is 1.20. The molecule has 0 atom stereocenters. The molecule has 0 aliphatic carbocycles. The van der Waals surface area contributed by atoms with E-state index in [1.54, 1.807) is 36.4 Å². The van der Waals surface area contributed by atoms with E-state index in [1.807, 2.05) is 0 Å². The van der Waals surface area contributed by atoms with Crippen LogP contribution in [0.2, 0.25) is 0 Å². The number of nitro benzene ring substituents is 1. The number of hydrogen-bond acceptors (Lipinski definition) is 4. The predicted octanol–water partition coefficient (Wildman–Crippen LogP) is 3.81. The molecule has 2 aromatic rings. The maximum Gasteiger partial charge on any atom is 0.269 e. The molecule has 0 unspecified atom stereocenters. The van der Waals surface area contributed by atoms with Crippen LogP contribution in [0.1, 0.15) is 0 Å². The average molecular weight is 226 g/mol. The zero-order valence-electron chi connectivity index (χ0n) is 8.78. The van der Waals surface area contributed by atoms with Crippen molar-refractivity contribution in [1.29, 1.82) is 0 Å². The molecule has 0 spiro atoms. The van der Waals surface area contributed by atoms with Crippen LogP contribution in [0.5, 0.6) is 0 Å². The molecule has 0 bridgehead atoms. The minimum Gasteiger partial charge on any atom is -0.258 e. The van der Waals surface area contributed by atoms with Gasteiger partial charge in [0.25, 0.3) is 5.69 Å². The van der Waals surface area contributed by atoms with Crippen LogP contribution < -0.4 is 0 Å². The predicted molar refractivity (Wildman–Crippen MR) is 62.6 cm³/mol. The smallest absolute Gasteiger partial charge is 0.258 e. The Morgan fingerprint density at radius 1 is 0.941 bits per heavy atom. The molecule has 17 heavy (non-hydrogen) atoms. The van der Waals surface area contributed by atoms with Gasteiger partial charge < -0.3 is 0 Å². The van der Waals surface area contributed by atoms with E-state index in [2.05, 4.69) is 16.3 Å². The monoisotopic (exact) mass is 226 g/mol. The maximum atomic E-state index is 10.4. The van der Waals surface area contributed by atoms with Gasteiger partial charge in [-0.25, -0.2) is 0 Å². The fourth-order valence-electron chi connectivity index (χ4n) is 1.20. The SMILES string of the molecule is O=[N+]([O-])c1ccc(/N=N/c2cc[c]cc2)cc1. The quantitative estimate of drug-likeness (QED) is 0.453. The van der Waals surface area contributed by atoms with Crippen LogP contribution in [0.15, 0.2) is 58.8 Å². The number of nitrogens with zero attached hydrogens (tertiary/aromatic N) is 3. The Balaban J connectivity index is 2.14. The van der Waals surface area contributed by atoms with E-state index in [0.717, 1.165) is 0 Å². The van der Waals surface area contributed by atoms with E-state index in [-0.39, 0.29) is 5.69 Å². The van der Waals surface area contributed by atoms with Gasteiger partial charge in [0.2, 0.25) is 0 Å². The highest BCUT2D eigenvalue weighted by Gasteiger charge is 2.02. The van der Waals surface area contributed by atoms with Crippen molar-refractivity contribution in [3.8, 4) is 0 Å². The first-order valence-corrected chi connectivity index (χ1v) is 4.88. The van der Waals surface area contributed by atoms with Crippen molar-refractivity contribution in [2.45, 2.75) is 0 Å². The van der Waals surface area contributed by atoms with E-state index in [0.29, 0.717) is 11.4 Å². The van der Waals surface area contributed by atoms with Crippen molar-refractivity contribution in [3.63, 3.8) is 0 Å². The Hall–Kier alpha value is -2.56. The normalized spacial score (nSPS) is 10.6. The average Bonchev–Trinajstić information content (AvgIpc) is 2.38. The standard InChI is InChI=1S/C12H8N3O2/c16-15(17)12-8-6-11(7-9-12)14-13-10-4-2-1-3-5-10/h2-9H/b14-13+. The molecule has 0 fully saturated rings. The van der Waals surface area contributed by atoms with Gasteiger partial charge in [-0.2, -0.15) is 10.2 Å². The number of nitro groups is 1. The fraction of sp³-hybridized carbons (Fsp3) is 0. The van der Waals surface area contributed by atoms with Crippen molar-refractivity contribution in [1.82, 2.24) is 0 Å². The molecule has 0 heterocycles. The van der Waals surface area contributed by atoms with Crippen LogP contribution in [0.3, 0.4) is 0 Å². The zero-order chi connectivity index (χ0) is 12.1. The van der Waals surface area contributed by atoms with Crippen molar-refractivity contribution in [2.24, 2.45) is 10.2 Å². The van der Waals surface area contributed by atoms with Gasteiger partial charge in [-0.15, -0.1) is 0 Å². The van der Waals surface area contributed by atoms with Gasteiger partial charge in [0.05, 0.1) is 16.3 Å². The summed E-state index contributed by atoms with van der Waals surface area (Å²) in [7, 11) is 0. The van der Waals surface area contributed by atoms with Gasteiger partial charge in [-0.05, 0) is 30.3 Å². The van der Waals surface area contributed by atoms with Crippen molar-refractivity contribution < 1.29 is 4.92 Å². The minimum absolute atomic E-state index is 0.0401. The molecule has 0 aliphatic rings. The first-order chi connectivity index (χ1) is 8.25. The third-order valence-corrected chi connectivity index (χ3v) is 2.04. The second-order valence-electron chi connectivity index (χ2n) is 3.23. The molecule has 5 nitrogen and oxygen atoms in total. The Labute approximate surface area is 97.6 Å². The summed E-state index contributed by atoms with van der Waals surface area (Å²) < 4.78 is 0. The van der Waals surface area contributed by atoms with Gasteiger partial charge in [-0.3, -0.25) is 10.1 Å². The van der Waals surface area contributed by atoms with Gasteiger partial charge in [-0.1, -0.05) is 12.1 Å². The second kappa shape index (κ2) is 4.98. The topological polar surface area (TPSA) is 67.9 Å². The summed E-state index contributed by atoms with van der Waals surface area (Å²) in [5, 5.41) is 18.4. The van der Waals surface area contributed by atoms with E-state index < -0.39 is 4.92 Å². The highest BCUT2D eigenvalue weighted by atomic mass is 16.6. The lowest BCUT2D eigenvalue weighted by molar-refractivity contribution is -0.384. The van der Waals surface area contributed by atoms with E-state index in [4.69, 9.17) is 0 Å². The molecule has 2 aromatic carbocycles. The summed E-state index contributed by atoms with van der Waals surface area (Å²) in [5.41, 5.74) is 1.32. The van der Waals surface area contributed by atoms with E-state index in [9.17, 15) is 10.1 Å². The number of non-ortho nitro benzene ring substituents is 1. The lowest BCUT2D eigenvalue weighted by atomic mass is 10.3. The number of hydrogen-bond donors (Lipinski definition) is 0. The molecule has 0 aliphatic heterocycles. The number of benzene rings is 2. The first-order valence-electron chi connectivity index (χ1n) is 4.88. The molecule has 0 N–H and O–H groups in total. The molecular weight excluding hydrogens is 218 g/mol. The van der Waals surface area contributed by atoms with Gasteiger partial charge in [0, 0.05) is 12.1 Å². The third-order valence-electron chi connectivity index (χ3n) is 2.04. The van der Waals surface area contributed by atoms with Crippen molar-refractivity contribution in [2.75, 3.05) is 0 Å². The van der Waals surface area contributed by atoms with Crippen LogP contribution in [0.25, 0.3) is 0 Å². The third kappa shape index (κ3) is 2.94. The summed E-state index contributed by atoms with van der Waals surface area (Å²) in [4.78, 5) is 9.99. The first kappa shape index (κ1) is 10.9. The van der Waals surface area contributed by atoms with Crippen LogP contribution in [-0.2, 0) is 0 Å².